The predicted octanol–water partition coefficient (Wildman–Crippen LogP) is 4.71. The number of benzene rings is 2. The molecule has 2 aromatic heterocycles. The van der Waals surface area contributed by atoms with Crippen LogP contribution in [0.2, 0.25) is 0 Å². The fraction of sp³-hybridized carbons (Fsp3) is 0.250. The quantitative estimate of drug-likeness (QED) is 0.427. The van der Waals surface area contributed by atoms with Crippen LogP contribution in [-0.4, -0.2) is 28.6 Å². The maximum Gasteiger partial charge on any atom is 0.261 e. The van der Waals surface area contributed by atoms with Crippen LogP contribution in [0.1, 0.15) is 28.0 Å². The number of hydrogen-bond donors (Lipinski definition) is 1. The number of para-hydroxylation sites is 2. The maximum atomic E-state index is 12.2. The second-order valence-electron chi connectivity index (χ2n) is 7.00. The van der Waals surface area contributed by atoms with Crippen LogP contribution >= 0.6 is 11.3 Å². The number of fused-ring (bicyclic) bond motifs is 1. The van der Waals surface area contributed by atoms with Crippen molar-refractivity contribution in [1.29, 1.82) is 0 Å². The molecule has 0 bridgehead atoms. The number of imidazole rings is 1. The van der Waals surface area contributed by atoms with Gasteiger partial charge in [0.2, 0.25) is 0 Å². The van der Waals surface area contributed by atoms with Crippen molar-refractivity contribution in [2.24, 2.45) is 0 Å². The van der Waals surface area contributed by atoms with E-state index in [0.717, 1.165) is 33.9 Å². The van der Waals surface area contributed by atoms with Crippen molar-refractivity contribution >= 4 is 28.3 Å². The highest BCUT2D eigenvalue weighted by atomic mass is 32.1. The number of ether oxygens (including phenoxy) is 1. The lowest BCUT2D eigenvalue weighted by Gasteiger charge is -2.11. The van der Waals surface area contributed by atoms with Crippen LogP contribution in [0, 0.1) is 0 Å². The van der Waals surface area contributed by atoms with Gasteiger partial charge in [0.05, 0.1) is 22.5 Å². The minimum Gasteiger partial charge on any atom is -0.492 e. The van der Waals surface area contributed by atoms with E-state index in [1.165, 1.54) is 16.9 Å². The van der Waals surface area contributed by atoms with Crippen molar-refractivity contribution in [3.63, 3.8) is 0 Å². The lowest BCUT2D eigenvalue weighted by Crippen LogP contribution is -2.26. The number of carbonyl (C=O) groups excluding carboxylic acids is 1. The number of nitrogens with one attached hydrogen (secondary N) is 1. The third-order valence-electron chi connectivity index (χ3n) is 5.03. The first-order chi connectivity index (χ1) is 14.7. The minimum atomic E-state index is -0.0356. The molecule has 0 aliphatic rings. The molecule has 6 heteroatoms. The van der Waals surface area contributed by atoms with Crippen molar-refractivity contribution in [2.45, 2.75) is 26.3 Å². The van der Waals surface area contributed by atoms with Crippen LogP contribution in [0.15, 0.2) is 66.0 Å². The Bertz CT molecular complexity index is 1100. The van der Waals surface area contributed by atoms with Crippen molar-refractivity contribution in [3.05, 3.63) is 82.3 Å². The Morgan fingerprint density at radius 3 is 2.70 bits per heavy atom. The molecule has 5 nitrogen and oxygen atoms in total. The van der Waals surface area contributed by atoms with E-state index >= 15 is 0 Å². The predicted molar refractivity (Wildman–Crippen MR) is 121 cm³/mol. The van der Waals surface area contributed by atoms with Crippen molar-refractivity contribution in [1.82, 2.24) is 14.9 Å². The summed E-state index contributed by atoms with van der Waals surface area (Å²) < 4.78 is 8.14. The number of nitrogens with zero attached hydrogens (tertiary/aromatic N) is 2. The standard InChI is InChI=1S/C24H25N3O2S/c1-2-18-9-11-19(12-10-18)29-16-15-27-21-7-4-3-6-20(21)26-23(27)13-14-25-24(28)22-8-5-17-30-22/h3-12,17H,2,13-16H2,1H3,(H,25,28). The molecule has 4 rings (SSSR count). The Balaban J connectivity index is 1.41. The fourth-order valence-electron chi connectivity index (χ4n) is 3.42. The molecule has 0 atom stereocenters. The Morgan fingerprint density at radius 2 is 1.93 bits per heavy atom. The second kappa shape index (κ2) is 9.59. The topological polar surface area (TPSA) is 56.1 Å². The van der Waals surface area contributed by atoms with E-state index in [0.29, 0.717) is 26.1 Å². The summed E-state index contributed by atoms with van der Waals surface area (Å²) in [6.07, 6.45) is 1.69. The van der Waals surface area contributed by atoms with Gasteiger partial charge in [-0.25, -0.2) is 4.98 Å². The van der Waals surface area contributed by atoms with Crippen LogP contribution in [0.25, 0.3) is 11.0 Å². The van der Waals surface area contributed by atoms with Gasteiger partial charge in [-0.1, -0.05) is 37.3 Å². The summed E-state index contributed by atoms with van der Waals surface area (Å²) in [7, 11) is 0. The summed E-state index contributed by atoms with van der Waals surface area (Å²) in [6, 6.07) is 20.1. The van der Waals surface area contributed by atoms with Gasteiger partial charge in [-0.3, -0.25) is 4.79 Å². The monoisotopic (exact) mass is 419 g/mol. The van der Waals surface area contributed by atoms with E-state index in [9.17, 15) is 4.79 Å². The highest BCUT2D eigenvalue weighted by Gasteiger charge is 2.12. The zero-order chi connectivity index (χ0) is 20.8. The lowest BCUT2D eigenvalue weighted by atomic mass is 10.2. The van der Waals surface area contributed by atoms with Crippen molar-refractivity contribution < 1.29 is 9.53 Å². The van der Waals surface area contributed by atoms with Gasteiger partial charge in [-0.2, -0.15) is 0 Å². The molecule has 0 spiro atoms. The summed E-state index contributed by atoms with van der Waals surface area (Å²) in [5.74, 6) is 1.79. The first-order valence-electron chi connectivity index (χ1n) is 10.2. The molecule has 0 saturated heterocycles. The molecule has 4 aromatic rings. The number of hydrogen-bond acceptors (Lipinski definition) is 4. The zero-order valence-electron chi connectivity index (χ0n) is 17.0. The second-order valence-corrected chi connectivity index (χ2v) is 7.95. The summed E-state index contributed by atoms with van der Waals surface area (Å²) in [6.45, 7) is 3.94. The van der Waals surface area contributed by atoms with Crippen molar-refractivity contribution in [3.8, 4) is 5.75 Å². The minimum absolute atomic E-state index is 0.0356. The van der Waals surface area contributed by atoms with E-state index in [-0.39, 0.29) is 5.91 Å². The van der Waals surface area contributed by atoms with Crippen LogP contribution in [0.5, 0.6) is 5.75 Å². The number of rotatable bonds is 9. The number of carbonyl (C=O) groups is 1. The summed E-state index contributed by atoms with van der Waals surface area (Å²) in [5.41, 5.74) is 3.35. The molecule has 154 valence electrons. The molecule has 0 radical (unpaired) electrons. The number of thiophene rings is 1. The molecule has 0 unspecified atom stereocenters. The Hall–Kier alpha value is -3.12. The average molecular weight is 420 g/mol. The van der Waals surface area contributed by atoms with E-state index in [1.54, 1.807) is 0 Å². The molecular formula is C24H25N3O2S. The maximum absolute atomic E-state index is 12.2. The SMILES string of the molecule is CCc1ccc(OCCn2c(CCNC(=O)c3cccs3)nc3ccccc32)cc1. The van der Waals surface area contributed by atoms with Crippen molar-refractivity contribution in [2.75, 3.05) is 13.2 Å². The smallest absolute Gasteiger partial charge is 0.261 e. The van der Waals surface area contributed by atoms with Gasteiger partial charge in [0.1, 0.15) is 18.2 Å². The van der Waals surface area contributed by atoms with Gasteiger partial charge in [-0.15, -0.1) is 11.3 Å². The highest BCUT2D eigenvalue weighted by molar-refractivity contribution is 7.12. The number of aryl methyl sites for hydroxylation is 1. The van der Waals surface area contributed by atoms with Gasteiger partial charge < -0.3 is 14.6 Å². The van der Waals surface area contributed by atoms with E-state index in [4.69, 9.17) is 9.72 Å². The van der Waals surface area contributed by atoms with Crippen LogP contribution in [-0.2, 0) is 19.4 Å². The fourth-order valence-corrected chi connectivity index (χ4v) is 4.06. The van der Waals surface area contributed by atoms with Gasteiger partial charge in [-0.05, 0) is 47.7 Å². The summed E-state index contributed by atoms with van der Waals surface area (Å²) >= 11 is 1.45. The number of amides is 1. The highest BCUT2D eigenvalue weighted by Crippen LogP contribution is 2.18. The average Bonchev–Trinajstić information content (AvgIpc) is 3.43. The molecule has 1 N–H and O–H groups in total. The molecule has 2 heterocycles. The molecule has 0 saturated carbocycles. The van der Waals surface area contributed by atoms with Crippen LogP contribution in [0.3, 0.4) is 0 Å². The first-order valence-corrected chi connectivity index (χ1v) is 11.1. The lowest BCUT2D eigenvalue weighted by molar-refractivity contribution is 0.0958. The largest absolute Gasteiger partial charge is 0.492 e. The Kier molecular flexibility index (Phi) is 6.44. The molecule has 30 heavy (non-hydrogen) atoms. The first kappa shape index (κ1) is 20.2. The molecular weight excluding hydrogens is 394 g/mol. The molecule has 0 aliphatic heterocycles. The van der Waals surface area contributed by atoms with Gasteiger partial charge in [0, 0.05) is 13.0 Å². The summed E-state index contributed by atoms with van der Waals surface area (Å²) in [4.78, 5) is 17.7. The van der Waals surface area contributed by atoms with Gasteiger partial charge in [0.25, 0.3) is 5.91 Å². The van der Waals surface area contributed by atoms with E-state index in [1.807, 2.05) is 47.8 Å². The zero-order valence-corrected chi connectivity index (χ0v) is 17.8. The van der Waals surface area contributed by atoms with Gasteiger partial charge in [0.15, 0.2) is 0 Å². The van der Waals surface area contributed by atoms with Crippen LogP contribution < -0.4 is 10.1 Å². The molecule has 0 fully saturated rings. The van der Waals surface area contributed by atoms with E-state index in [2.05, 4.69) is 35.0 Å². The number of aromatic nitrogens is 2. The third-order valence-corrected chi connectivity index (χ3v) is 5.90. The molecule has 2 aromatic carbocycles. The Morgan fingerprint density at radius 1 is 1.10 bits per heavy atom. The van der Waals surface area contributed by atoms with E-state index < -0.39 is 0 Å². The third kappa shape index (κ3) is 4.71. The molecule has 1 amide bonds. The normalized spacial score (nSPS) is 11.0. The Labute approximate surface area is 180 Å². The summed E-state index contributed by atoms with van der Waals surface area (Å²) in [5, 5.41) is 4.89. The molecule has 0 aliphatic carbocycles. The van der Waals surface area contributed by atoms with Crippen LogP contribution in [0.4, 0.5) is 0 Å². The van der Waals surface area contributed by atoms with Gasteiger partial charge >= 0.3 is 0 Å².